The van der Waals surface area contributed by atoms with E-state index >= 15 is 0 Å². The average molecular weight is 401 g/mol. The number of ether oxygens (including phenoxy) is 1. The van der Waals surface area contributed by atoms with E-state index in [0.29, 0.717) is 6.04 Å². The molecule has 2 heterocycles. The van der Waals surface area contributed by atoms with Gasteiger partial charge in [-0.15, -0.1) is 0 Å². The van der Waals surface area contributed by atoms with Gasteiger partial charge in [0.25, 0.3) is 0 Å². The molecule has 160 valence electrons. The minimum Gasteiger partial charge on any atom is -0.378 e. The van der Waals surface area contributed by atoms with E-state index in [-0.39, 0.29) is 12.1 Å². The zero-order chi connectivity index (χ0) is 20.4. The molecule has 1 aliphatic carbocycles. The molecule has 0 bridgehead atoms. The molecule has 0 atom stereocenters. The number of nitrogens with one attached hydrogen (secondary N) is 1. The molecule has 0 aromatic heterocycles. The molecule has 3 aliphatic rings. The zero-order valence-electron chi connectivity index (χ0n) is 18.2. The Bertz CT molecular complexity index is 705. The number of nitrogens with zero attached hydrogens (tertiary/aromatic N) is 3. The second-order valence-corrected chi connectivity index (χ2v) is 9.08. The first-order chi connectivity index (χ1) is 14.0. The summed E-state index contributed by atoms with van der Waals surface area (Å²) in [6.45, 7) is 11.6. The summed E-state index contributed by atoms with van der Waals surface area (Å²) in [5.74, 6) is 0.764. The third-order valence-corrected chi connectivity index (χ3v) is 7.17. The highest BCUT2D eigenvalue weighted by Crippen LogP contribution is 2.31. The highest BCUT2D eigenvalue weighted by molar-refractivity contribution is 5.75. The van der Waals surface area contributed by atoms with Crippen LogP contribution >= 0.6 is 0 Å². The lowest BCUT2D eigenvalue weighted by atomic mass is 9.78. The topological polar surface area (TPSA) is 48.1 Å². The van der Waals surface area contributed by atoms with E-state index in [1.54, 1.807) is 7.11 Å². The van der Waals surface area contributed by atoms with Crippen LogP contribution in [-0.4, -0.2) is 80.9 Å². The largest absolute Gasteiger partial charge is 0.378 e. The smallest absolute Gasteiger partial charge is 0.317 e. The van der Waals surface area contributed by atoms with Crippen molar-refractivity contribution in [3.8, 4) is 0 Å². The minimum atomic E-state index is 0.0873. The number of aryl methyl sites for hydroxylation is 1. The van der Waals surface area contributed by atoms with Gasteiger partial charge < -0.3 is 19.9 Å². The predicted octanol–water partition coefficient (Wildman–Crippen LogP) is 2.63. The van der Waals surface area contributed by atoms with Gasteiger partial charge in [0, 0.05) is 45.0 Å². The standard InChI is InChI=1S/C23H36N4O2/c1-17-5-4-6-22(18(17)2)26-11-9-25(10-12-26)8-7-19-13-20(14-19)24-23(28)27-15-21(16-27)29-3/h4-6,19-21H,7-16H2,1-3H3,(H,24,28). The number of likely N-dealkylation sites (tertiary alicyclic amines) is 1. The number of benzene rings is 1. The first-order valence-electron chi connectivity index (χ1n) is 11.1. The maximum Gasteiger partial charge on any atom is 0.317 e. The van der Waals surface area contributed by atoms with Crippen molar-refractivity contribution in [3.63, 3.8) is 0 Å². The summed E-state index contributed by atoms with van der Waals surface area (Å²) in [4.78, 5) is 19.1. The van der Waals surface area contributed by atoms with E-state index in [1.807, 2.05) is 4.90 Å². The maximum atomic E-state index is 12.1. The molecule has 0 unspecified atom stereocenters. The Morgan fingerprint density at radius 2 is 1.86 bits per heavy atom. The van der Waals surface area contributed by atoms with E-state index in [4.69, 9.17) is 4.74 Å². The lowest BCUT2D eigenvalue weighted by Crippen LogP contribution is -2.60. The van der Waals surface area contributed by atoms with E-state index in [9.17, 15) is 4.79 Å². The minimum absolute atomic E-state index is 0.0873. The van der Waals surface area contributed by atoms with Gasteiger partial charge in [0.05, 0.1) is 19.2 Å². The number of anilines is 1. The van der Waals surface area contributed by atoms with Gasteiger partial charge in [0.1, 0.15) is 0 Å². The van der Waals surface area contributed by atoms with Gasteiger partial charge in [-0.1, -0.05) is 12.1 Å². The monoisotopic (exact) mass is 400 g/mol. The molecule has 1 saturated carbocycles. The van der Waals surface area contributed by atoms with Gasteiger partial charge in [-0.3, -0.25) is 4.90 Å². The molecule has 1 N–H and O–H groups in total. The summed E-state index contributed by atoms with van der Waals surface area (Å²) < 4.78 is 5.23. The molecule has 3 fully saturated rings. The van der Waals surface area contributed by atoms with Gasteiger partial charge in [-0.2, -0.15) is 0 Å². The summed E-state index contributed by atoms with van der Waals surface area (Å²) in [5, 5.41) is 3.18. The van der Waals surface area contributed by atoms with Crippen molar-refractivity contribution in [1.82, 2.24) is 15.1 Å². The normalized spacial score (nSPS) is 25.5. The Balaban J connectivity index is 1.11. The molecule has 29 heavy (non-hydrogen) atoms. The molecular weight excluding hydrogens is 364 g/mol. The van der Waals surface area contributed by atoms with Crippen LogP contribution in [0.2, 0.25) is 0 Å². The Morgan fingerprint density at radius 3 is 2.55 bits per heavy atom. The Kier molecular flexibility index (Phi) is 6.30. The second kappa shape index (κ2) is 8.92. The number of amides is 2. The molecule has 2 amide bonds. The van der Waals surface area contributed by atoms with Crippen molar-refractivity contribution >= 4 is 11.7 Å². The summed E-state index contributed by atoms with van der Waals surface area (Å²) in [6, 6.07) is 7.09. The van der Waals surface area contributed by atoms with Crippen LogP contribution in [0.4, 0.5) is 10.5 Å². The van der Waals surface area contributed by atoms with Crippen molar-refractivity contribution in [2.45, 2.75) is 45.3 Å². The number of hydrogen-bond acceptors (Lipinski definition) is 4. The molecule has 1 aromatic rings. The predicted molar refractivity (Wildman–Crippen MR) is 117 cm³/mol. The zero-order valence-corrected chi connectivity index (χ0v) is 18.2. The van der Waals surface area contributed by atoms with Crippen molar-refractivity contribution < 1.29 is 9.53 Å². The van der Waals surface area contributed by atoms with E-state index in [2.05, 4.69) is 47.2 Å². The number of carbonyl (C=O) groups excluding carboxylic acids is 1. The third-order valence-electron chi connectivity index (χ3n) is 7.17. The van der Waals surface area contributed by atoms with E-state index < -0.39 is 0 Å². The number of hydrogen-bond donors (Lipinski definition) is 1. The van der Waals surface area contributed by atoms with Gasteiger partial charge in [0.2, 0.25) is 0 Å². The average Bonchev–Trinajstić information content (AvgIpc) is 2.65. The first kappa shape index (κ1) is 20.5. The second-order valence-electron chi connectivity index (χ2n) is 9.08. The Morgan fingerprint density at radius 1 is 1.14 bits per heavy atom. The van der Waals surface area contributed by atoms with Crippen LogP contribution in [-0.2, 0) is 4.74 Å². The Hall–Kier alpha value is -1.79. The molecule has 6 heteroatoms. The first-order valence-corrected chi connectivity index (χ1v) is 11.1. The van der Waals surface area contributed by atoms with Crippen LogP contribution in [0.1, 0.15) is 30.4 Å². The number of urea groups is 1. The fraction of sp³-hybridized carbons (Fsp3) is 0.696. The molecule has 6 nitrogen and oxygen atoms in total. The van der Waals surface area contributed by atoms with Crippen LogP contribution < -0.4 is 10.2 Å². The SMILES string of the molecule is COC1CN(C(=O)NC2CC(CCN3CCN(c4cccc(C)c4C)CC3)C2)C1. The maximum absolute atomic E-state index is 12.1. The van der Waals surface area contributed by atoms with Crippen molar-refractivity contribution in [2.24, 2.45) is 5.92 Å². The van der Waals surface area contributed by atoms with Gasteiger partial charge in [0.15, 0.2) is 0 Å². The fourth-order valence-electron chi connectivity index (χ4n) is 4.76. The molecule has 4 rings (SSSR count). The summed E-state index contributed by atoms with van der Waals surface area (Å²) in [5.41, 5.74) is 4.20. The van der Waals surface area contributed by atoms with Gasteiger partial charge in [-0.05, 0) is 62.8 Å². The van der Waals surface area contributed by atoms with Crippen molar-refractivity contribution in [3.05, 3.63) is 29.3 Å². The van der Waals surface area contributed by atoms with Crippen molar-refractivity contribution in [1.29, 1.82) is 0 Å². The highest BCUT2D eigenvalue weighted by Gasteiger charge is 2.35. The van der Waals surface area contributed by atoms with Crippen LogP contribution in [0.25, 0.3) is 0 Å². The number of carbonyl (C=O) groups is 1. The van der Waals surface area contributed by atoms with Gasteiger partial charge in [-0.25, -0.2) is 4.79 Å². The summed E-state index contributed by atoms with van der Waals surface area (Å²) in [7, 11) is 1.71. The molecule has 0 spiro atoms. The number of piperazine rings is 1. The van der Waals surface area contributed by atoms with Crippen LogP contribution in [0.15, 0.2) is 18.2 Å². The van der Waals surface area contributed by atoms with Gasteiger partial charge >= 0.3 is 6.03 Å². The van der Waals surface area contributed by atoms with E-state index in [0.717, 1.165) is 58.0 Å². The fourth-order valence-corrected chi connectivity index (χ4v) is 4.76. The third kappa shape index (κ3) is 4.69. The molecule has 2 saturated heterocycles. The summed E-state index contributed by atoms with van der Waals surface area (Å²) >= 11 is 0. The Labute approximate surface area is 175 Å². The van der Waals surface area contributed by atoms with Crippen LogP contribution in [0, 0.1) is 19.8 Å². The quantitative estimate of drug-likeness (QED) is 0.798. The lowest BCUT2D eigenvalue weighted by Gasteiger charge is -2.42. The molecule has 0 radical (unpaired) electrons. The van der Waals surface area contributed by atoms with E-state index in [1.165, 1.54) is 29.8 Å². The number of rotatable bonds is 6. The molecular formula is C23H36N4O2. The lowest BCUT2D eigenvalue weighted by molar-refractivity contribution is -0.00934. The molecule has 1 aromatic carbocycles. The molecule has 2 aliphatic heterocycles. The van der Waals surface area contributed by atoms with Crippen LogP contribution in [0.3, 0.4) is 0 Å². The summed E-state index contributed by atoms with van der Waals surface area (Å²) in [6.07, 6.45) is 3.75. The number of methoxy groups -OCH3 is 1. The van der Waals surface area contributed by atoms with Crippen molar-refractivity contribution in [2.75, 3.05) is 57.8 Å². The van der Waals surface area contributed by atoms with Crippen LogP contribution in [0.5, 0.6) is 0 Å². The highest BCUT2D eigenvalue weighted by atomic mass is 16.5.